The van der Waals surface area contributed by atoms with Crippen LogP contribution >= 0.6 is 0 Å². The maximum absolute atomic E-state index is 14.0. The van der Waals surface area contributed by atoms with Crippen LogP contribution in [0, 0.1) is 5.82 Å². The van der Waals surface area contributed by atoms with Gasteiger partial charge in [-0.05, 0) is 112 Å². The summed E-state index contributed by atoms with van der Waals surface area (Å²) >= 11 is 0. The van der Waals surface area contributed by atoms with E-state index in [4.69, 9.17) is 24.1 Å². The van der Waals surface area contributed by atoms with Crippen molar-refractivity contribution in [2.45, 2.75) is 84.0 Å². The van der Waals surface area contributed by atoms with E-state index in [1.54, 1.807) is 35.4 Å². The normalized spacial score (nSPS) is 13.4. The van der Waals surface area contributed by atoms with Gasteiger partial charge in [0.1, 0.15) is 35.6 Å². The van der Waals surface area contributed by atoms with Crippen LogP contribution in [0.3, 0.4) is 0 Å². The lowest BCUT2D eigenvalue weighted by Crippen LogP contribution is -2.30. The minimum absolute atomic E-state index is 0.00445. The molecule has 0 bridgehead atoms. The summed E-state index contributed by atoms with van der Waals surface area (Å²) in [6, 6.07) is 16.8. The van der Waals surface area contributed by atoms with Crippen LogP contribution in [0.5, 0.6) is 11.5 Å². The van der Waals surface area contributed by atoms with E-state index in [9.17, 15) is 23.9 Å². The molecule has 1 amide bonds. The number of nitrogens with zero attached hydrogens (tertiary/aromatic N) is 1. The molecule has 3 aromatic rings. The zero-order valence-electron chi connectivity index (χ0n) is 31.8. The Morgan fingerprint density at radius 1 is 0.857 bits per heavy atom. The highest BCUT2D eigenvalue weighted by Crippen LogP contribution is 2.32. The Labute approximate surface area is 327 Å². The number of allylic oxidation sites excluding steroid dienone is 4. The number of aliphatic carboxylic acids is 2. The fourth-order valence-corrected chi connectivity index (χ4v) is 6.62. The first kappa shape index (κ1) is 41.3. The molecule has 1 aliphatic carbocycles. The van der Waals surface area contributed by atoms with Crippen molar-refractivity contribution in [2.75, 3.05) is 24.7 Å². The molecule has 0 spiro atoms. The van der Waals surface area contributed by atoms with E-state index in [1.807, 2.05) is 37.3 Å². The summed E-state index contributed by atoms with van der Waals surface area (Å²) in [5.41, 5.74) is 4.70. The topological polar surface area (TPSA) is 132 Å². The van der Waals surface area contributed by atoms with E-state index < -0.39 is 11.9 Å². The van der Waals surface area contributed by atoms with Crippen molar-refractivity contribution in [1.29, 1.82) is 0 Å². The molecule has 2 N–H and O–H groups in total. The van der Waals surface area contributed by atoms with Crippen LogP contribution in [0.2, 0.25) is 0 Å². The molecule has 0 atom stereocenters. The van der Waals surface area contributed by atoms with E-state index in [0.717, 1.165) is 56.1 Å². The molecule has 1 heterocycles. The standard InChI is InChI=1S/C45H50FNO9/c1-2-47(37-20-18-36(46)19-21-37)45(52)35-27-34(42-31-53-30-39(56-42)26-32-12-6-5-7-13-32)28-38(29-35)54-24-9-4-3-8-14-33-15-10-16-41(40(33)22-23-44(50)51)55-25-11-17-43(48)49/h5-6,10,12,15-16,18-21,27-31H,2-4,7-9,11,13-14,17,22-26H2,1H3,(H,48,49)(H,50,51). The minimum Gasteiger partial charge on any atom is -0.494 e. The lowest BCUT2D eigenvalue weighted by atomic mass is 9.97. The summed E-state index contributed by atoms with van der Waals surface area (Å²) < 4.78 is 37.8. The van der Waals surface area contributed by atoms with Gasteiger partial charge in [0.15, 0.2) is 5.76 Å². The molecule has 5 rings (SSSR count). The van der Waals surface area contributed by atoms with Crippen LogP contribution in [0.4, 0.5) is 10.1 Å². The van der Waals surface area contributed by atoms with Gasteiger partial charge >= 0.3 is 11.9 Å². The highest BCUT2D eigenvalue weighted by Gasteiger charge is 2.22. The number of hydrogen-bond donors (Lipinski definition) is 2. The van der Waals surface area contributed by atoms with E-state index in [1.165, 1.54) is 24.0 Å². The number of halogens is 1. The predicted molar refractivity (Wildman–Crippen MR) is 212 cm³/mol. The molecule has 10 nitrogen and oxygen atoms in total. The number of unbranched alkanes of at least 4 members (excludes halogenated alkanes) is 3. The zero-order chi connectivity index (χ0) is 39.7. The van der Waals surface area contributed by atoms with Crippen LogP contribution in [0.1, 0.15) is 98.2 Å². The second-order valence-electron chi connectivity index (χ2n) is 13.7. The fraction of sp³-hybridized carbons (Fsp3) is 0.356. The number of aryl methyl sites for hydroxylation is 1. The van der Waals surface area contributed by atoms with Crippen LogP contribution in [0.25, 0.3) is 5.76 Å². The maximum atomic E-state index is 14.0. The number of carbonyl (C=O) groups excluding carboxylic acids is 1. The Morgan fingerprint density at radius 3 is 2.39 bits per heavy atom. The molecule has 296 valence electrons. The molecule has 0 radical (unpaired) electrons. The number of ether oxygens (including phenoxy) is 4. The number of benzene rings is 3. The molecule has 56 heavy (non-hydrogen) atoms. The monoisotopic (exact) mass is 767 g/mol. The van der Waals surface area contributed by atoms with Gasteiger partial charge in [-0.3, -0.25) is 14.4 Å². The quantitative estimate of drug-likeness (QED) is 0.0960. The number of hydrogen-bond acceptors (Lipinski definition) is 7. The van der Waals surface area contributed by atoms with Crippen LogP contribution < -0.4 is 14.4 Å². The minimum atomic E-state index is -0.891. The molecular weight excluding hydrogens is 717 g/mol. The van der Waals surface area contributed by atoms with Gasteiger partial charge in [0.05, 0.1) is 13.2 Å². The molecule has 11 heteroatoms. The SMILES string of the molecule is CCN(C(=O)c1cc(OCCCCCCc2cccc(OCCCC(=O)O)c2CCC(=O)O)cc(C2=COC=C(CC3=CC=CCC3)O2)c1)c1ccc(F)cc1. The fourth-order valence-electron chi connectivity index (χ4n) is 6.62. The highest BCUT2D eigenvalue weighted by molar-refractivity contribution is 6.06. The van der Waals surface area contributed by atoms with Crippen molar-refractivity contribution in [1.82, 2.24) is 0 Å². The van der Waals surface area contributed by atoms with E-state index in [0.29, 0.717) is 72.2 Å². The molecular formula is C45H50FNO9. The molecule has 3 aromatic carbocycles. The van der Waals surface area contributed by atoms with E-state index in [2.05, 4.69) is 12.2 Å². The van der Waals surface area contributed by atoms with Crippen molar-refractivity contribution >= 4 is 29.3 Å². The number of carbonyl (C=O) groups is 3. The van der Waals surface area contributed by atoms with Gasteiger partial charge in [-0.2, -0.15) is 0 Å². The Bertz CT molecular complexity index is 1950. The van der Waals surface area contributed by atoms with Crippen molar-refractivity contribution in [3.05, 3.63) is 131 Å². The van der Waals surface area contributed by atoms with Crippen LogP contribution in [0.15, 0.2) is 103 Å². The first-order valence-corrected chi connectivity index (χ1v) is 19.3. The Morgan fingerprint density at radius 2 is 1.64 bits per heavy atom. The Kier molecular flexibility index (Phi) is 15.7. The third-order valence-corrected chi connectivity index (χ3v) is 9.48. The first-order chi connectivity index (χ1) is 27.2. The van der Waals surface area contributed by atoms with Crippen molar-refractivity contribution in [3.8, 4) is 11.5 Å². The van der Waals surface area contributed by atoms with Gasteiger partial charge in [-0.25, -0.2) is 4.39 Å². The Hall–Kier alpha value is -5.84. The highest BCUT2D eigenvalue weighted by atomic mass is 19.1. The third kappa shape index (κ3) is 12.6. The van der Waals surface area contributed by atoms with E-state index >= 15 is 0 Å². The molecule has 0 aromatic heterocycles. The maximum Gasteiger partial charge on any atom is 0.303 e. The van der Waals surface area contributed by atoms with Crippen molar-refractivity contribution in [3.63, 3.8) is 0 Å². The number of carboxylic acid groups (broad SMARTS) is 2. The molecule has 0 saturated carbocycles. The first-order valence-electron chi connectivity index (χ1n) is 19.3. The third-order valence-electron chi connectivity index (χ3n) is 9.48. The average molecular weight is 768 g/mol. The summed E-state index contributed by atoms with van der Waals surface area (Å²) in [5, 5.41) is 18.3. The number of carboxylic acids is 2. The summed E-state index contributed by atoms with van der Waals surface area (Å²) in [6.07, 6.45) is 16.8. The van der Waals surface area contributed by atoms with Gasteiger partial charge in [0, 0.05) is 42.6 Å². The smallest absolute Gasteiger partial charge is 0.303 e. The second-order valence-corrected chi connectivity index (χ2v) is 13.7. The second kappa shape index (κ2) is 21.3. The van der Waals surface area contributed by atoms with Crippen LogP contribution in [-0.2, 0) is 31.9 Å². The molecule has 0 unspecified atom stereocenters. The molecule has 2 aliphatic rings. The van der Waals surface area contributed by atoms with Crippen molar-refractivity contribution in [2.24, 2.45) is 0 Å². The number of anilines is 1. The van der Waals surface area contributed by atoms with Gasteiger partial charge in [0.2, 0.25) is 0 Å². The largest absolute Gasteiger partial charge is 0.494 e. The van der Waals surface area contributed by atoms with E-state index in [-0.39, 0.29) is 31.2 Å². The molecule has 0 fully saturated rings. The van der Waals surface area contributed by atoms with Gasteiger partial charge in [0.25, 0.3) is 5.91 Å². The van der Waals surface area contributed by atoms with Gasteiger partial charge in [-0.15, -0.1) is 0 Å². The van der Waals surface area contributed by atoms with Crippen LogP contribution in [-0.4, -0.2) is 47.8 Å². The molecule has 0 saturated heterocycles. The van der Waals surface area contributed by atoms with Gasteiger partial charge in [-0.1, -0.05) is 48.8 Å². The lowest BCUT2D eigenvalue weighted by molar-refractivity contribution is -0.138. The van der Waals surface area contributed by atoms with Gasteiger partial charge < -0.3 is 34.1 Å². The lowest BCUT2D eigenvalue weighted by Gasteiger charge is -2.23. The number of amides is 1. The summed E-state index contributed by atoms with van der Waals surface area (Å²) in [4.78, 5) is 37.8. The summed E-state index contributed by atoms with van der Waals surface area (Å²) in [5.74, 6) is -0.202. The van der Waals surface area contributed by atoms with Crippen molar-refractivity contribution < 1.29 is 47.9 Å². The average Bonchev–Trinajstić information content (AvgIpc) is 3.20. The molecule has 1 aliphatic heterocycles. The zero-order valence-corrected chi connectivity index (χ0v) is 31.8. The summed E-state index contributed by atoms with van der Waals surface area (Å²) in [7, 11) is 0. The number of rotatable bonds is 22. The predicted octanol–water partition coefficient (Wildman–Crippen LogP) is 9.79. The summed E-state index contributed by atoms with van der Waals surface area (Å²) in [6.45, 7) is 2.89. The Balaban J connectivity index is 1.21.